The van der Waals surface area contributed by atoms with Crippen molar-refractivity contribution in [1.29, 1.82) is 0 Å². The summed E-state index contributed by atoms with van der Waals surface area (Å²) < 4.78 is 37.9. The zero-order valence-corrected chi connectivity index (χ0v) is 12.5. The van der Waals surface area contributed by atoms with Gasteiger partial charge < -0.3 is 4.98 Å². The lowest BCUT2D eigenvalue weighted by Crippen LogP contribution is -2.31. The molecule has 0 aliphatic rings. The van der Waals surface area contributed by atoms with Gasteiger partial charge in [-0.25, -0.2) is 15.8 Å². The van der Waals surface area contributed by atoms with E-state index in [1.54, 1.807) is 24.5 Å². The average Bonchev–Trinajstić information content (AvgIpc) is 3.14. The smallest absolute Gasteiger partial charge is 0.367 e. The number of hydrazine groups is 1. The first kappa shape index (κ1) is 16.6. The number of aromatic amines is 1. The Balaban J connectivity index is 2.08. The summed E-state index contributed by atoms with van der Waals surface area (Å²) in [6.45, 7) is 0. The highest BCUT2D eigenvalue weighted by molar-refractivity contribution is 5.91. The van der Waals surface area contributed by atoms with Gasteiger partial charge in [-0.1, -0.05) is 0 Å². The van der Waals surface area contributed by atoms with Gasteiger partial charge in [0.2, 0.25) is 5.82 Å². The zero-order valence-electron chi connectivity index (χ0n) is 12.5. The molecule has 3 rings (SSSR count). The molecule has 0 fully saturated rings. The van der Waals surface area contributed by atoms with Crippen molar-refractivity contribution in [2.45, 2.75) is 6.18 Å². The van der Waals surface area contributed by atoms with E-state index in [-0.39, 0.29) is 11.5 Å². The fourth-order valence-corrected chi connectivity index (χ4v) is 2.11. The first-order valence-corrected chi connectivity index (χ1v) is 6.95. The molecule has 3 heterocycles. The second-order valence-electron chi connectivity index (χ2n) is 4.97. The van der Waals surface area contributed by atoms with Crippen LogP contribution in [0.1, 0.15) is 16.3 Å². The highest BCUT2D eigenvalue weighted by Gasteiger charge is 2.32. The van der Waals surface area contributed by atoms with Crippen LogP contribution in [0.3, 0.4) is 0 Å². The van der Waals surface area contributed by atoms with E-state index < -0.39 is 17.8 Å². The molecule has 3 aromatic rings. The third-order valence-electron chi connectivity index (χ3n) is 3.30. The molecule has 0 atom stereocenters. The van der Waals surface area contributed by atoms with Crippen LogP contribution in [0.5, 0.6) is 0 Å². The van der Waals surface area contributed by atoms with Crippen LogP contribution in [0.2, 0.25) is 0 Å². The summed E-state index contributed by atoms with van der Waals surface area (Å²) in [5.41, 5.74) is 2.54. The number of carbonyl (C=O) groups is 1. The molecule has 0 aliphatic heterocycles. The van der Waals surface area contributed by atoms with Gasteiger partial charge in [-0.2, -0.15) is 13.2 Å². The van der Waals surface area contributed by atoms with E-state index in [2.05, 4.69) is 19.9 Å². The molecule has 1 amide bonds. The molecule has 0 spiro atoms. The third kappa shape index (κ3) is 3.48. The Morgan fingerprint density at radius 2 is 1.84 bits per heavy atom. The minimum Gasteiger partial charge on any atom is -0.367 e. The summed E-state index contributed by atoms with van der Waals surface area (Å²) in [5, 5.41) is 0. The number of rotatable bonds is 3. The Kier molecular flexibility index (Phi) is 4.19. The number of nitrogen functional groups attached to an aromatic ring is 1. The number of hydrogen-bond acceptors (Lipinski definition) is 5. The maximum Gasteiger partial charge on any atom is 0.433 e. The van der Waals surface area contributed by atoms with E-state index in [9.17, 15) is 18.0 Å². The molecule has 0 radical (unpaired) electrons. The van der Waals surface area contributed by atoms with Gasteiger partial charge in [0.25, 0.3) is 0 Å². The van der Waals surface area contributed by atoms with E-state index in [1.165, 1.54) is 6.07 Å². The topological polar surface area (TPSA) is 110 Å². The van der Waals surface area contributed by atoms with Crippen LogP contribution in [-0.2, 0) is 6.18 Å². The predicted octanol–water partition coefficient (Wildman–Crippen LogP) is 2.16. The number of carbonyl (C=O) groups excluding carboxylic acids is 1. The number of hydrogen-bond donors (Lipinski definition) is 3. The summed E-state index contributed by atoms with van der Waals surface area (Å²) in [6, 6.07) is 5.33. The Hall–Kier alpha value is -3.27. The summed E-state index contributed by atoms with van der Waals surface area (Å²) >= 11 is 0. The van der Waals surface area contributed by atoms with Gasteiger partial charge in [0.15, 0.2) is 0 Å². The van der Waals surface area contributed by atoms with Crippen LogP contribution in [0, 0.1) is 0 Å². The SMILES string of the molecule is NNC(=O)c1nc(-c2ccc(C(F)(F)F)nc2)cc(-c2cc[nH]c2)n1. The van der Waals surface area contributed by atoms with Gasteiger partial charge in [0.1, 0.15) is 5.69 Å². The molecule has 0 unspecified atom stereocenters. The van der Waals surface area contributed by atoms with Gasteiger partial charge in [-0.15, -0.1) is 0 Å². The van der Waals surface area contributed by atoms with Crippen molar-refractivity contribution >= 4 is 5.91 Å². The summed E-state index contributed by atoms with van der Waals surface area (Å²) in [6.07, 6.45) is -0.179. The average molecular weight is 348 g/mol. The monoisotopic (exact) mass is 348 g/mol. The second kappa shape index (κ2) is 6.32. The number of aromatic nitrogens is 4. The normalized spacial score (nSPS) is 11.4. The number of alkyl halides is 3. The molecular weight excluding hydrogens is 337 g/mol. The van der Waals surface area contributed by atoms with Gasteiger partial charge in [-0.05, 0) is 24.3 Å². The van der Waals surface area contributed by atoms with Gasteiger partial charge in [-0.3, -0.25) is 15.2 Å². The number of pyridine rings is 1. The van der Waals surface area contributed by atoms with Crippen molar-refractivity contribution in [1.82, 2.24) is 25.4 Å². The Morgan fingerprint density at radius 3 is 2.36 bits per heavy atom. The lowest BCUT2D eigenvalue weighted by Gasteiger charge is -2.08. The summed E-state index contributed by atoms with van der Waals surface area (Å²) in [4.78, 5) is 26.2. The molecular formula is C15H11F3N6O. The van der Waals surface area contributed by atoms with Crippen LogP contribution in [0.25, 0.3) is 22.5 Å². The van der Waals surface area contributed by atoms with Gasteiger partial charge in [0.05, 0.1) is 11.4 Å². The van der Waals surface area contributed by atoms with Crippen LogP contribution >= 0.6 is 0 Å². The van der Waals surface area contributed by atoms with Crippen molar-refractivity contribution in [2.24, 2.45) is 5.84 Å². The zero-order chi connectivity index (χ0) is 18.0. The minimum atomic E-state index is -4.54. The largest absolute Gasteiger partial charge is 0.433 e. The molecule has 0 bridgehead atoms. The maximum absolute atomic E-state index is 12.6. The van der Waals surface area contributed by atoms with Crippen molar-refractivity contribution in [3.63, 3.8) is 0 Å². The maximum atomic E-state index is 12.6. The molecule has 0 saturated heterocycles. The van der Waals surface area contributed by atoms with E-state index in [0.29, 0.717) is 16.8 Å². The lowest BCUT2D eigenvalue weighted by molar-refractivity contribution is -0.141. The Bertz CT molecular complexity index is 891. The van der Waals surface area contributed by atoms with E-state index in [1.807, 2.05) is 5.43 Å². The third-order valence-corrected chi connectivity index (χ3v) is 3.30. The summed E-state index contributed by atoms with van der Waals surface area (Å²) in [5.74, 6) is 4.17. The fourth-order valence-electron chi connectivity index (χ4n) is 2.11. The molecule has 0 saturated carbocycles. The number of nitrogens with two attached hydrogens (primary N) is 1. The molecule has 128 valence electrons. The van der Waals surface area contributed by atoms with Crippen molar-refractivity contribution in [3.05, 3.63) is 54.4 Å². The first-order chi connectivity index (χ1) is 11.9. The first-order valence-electron chi connectivity index (χ1n) is 6.95. The summed E-state index contributed by atoms with van der Waals surface area (Å²) in [7, 11) is 0. The molecule has 3 aromatic heterocycles. The van der Waals surface area contributed by atoms with Gasteiger partial charge >= 0.3 is 12.1 Å². The quantitative estimate of drug-likeness (QED) is 0.382. The molecule has 0 aliphatic carbocycles. The number of amides is 1. The predicted molar refractivity (Wildman–Crippen MR) is 81.7 cm³/mol. The standard InChI is InChI=1S/C15H11F3N6O/c16-15(17,18)12-2-1-8(7-21-12)10-5-11(9-3-4-20-6-9)23-13(22-10)14(25)24-19/h1-7,20H,19H2,(H,24,25). The Labute approximate surface area is 139 Å². The van der Waals surface area contributed by atoms with Crippen LogP contribution in [0.15, 0.2) is 42.9 Å². The van der Waals surface area contributed by atoms with Crippen molar-refractivity contribution in [3.8, 4) is 22.5 Å². The number of nitrogens with zero attached hydrogens (tertiary/aromatic N) is 3. The Morgan fingerprint density at radius 1 is 1.12 bits per heavy atom. The molecule has 0 aromatic carbocycles. The molecule has 25 heavy (non-hydrogen) atoms. The van der Waals surface area contributed by atoms with E-state index in [0.717, 1.165) is 12.3 Å². The minimum absolute atomic E-state index is 0.212. The highest BCUT2D eigenvalue weighted by atomic mass is 19.4. The highest BCUT2D eigenvalue weighted by Crippen LogP contribution is 2.29. The van der Waals surface area contributed by atoms with Crippen LogP contribution in [0.4, 0.5) is 13.2 Å². The second-order valence-corrected chi connectivity index (χ2v) is 4.97. The molecule has 7 nitrogen and oxygen atoms in total. The van der Waals surface area contributed by atoms with E-state index >= 15 is 0 Å². The number of nitrogens with one attached hydrogen (secondary N) is 2. The molecule has 10 heteroatoms. The molecule has 4 N–H and O–H groups in total. The van der Waals surface area contributed by atoms with Crippen molar-refractivity contribution < 1.29 is 18.0 Å². The number of halogens is 3. The fraction of sp³-hybridized carbons (Fsp3) is 0.0667. The lowest BCUT2D eigenvalue weighted by atomic mass is 10.1. The number of H-pyrrole nitrogens is 1. The van der Waals surface area contributed by atoms with Crippen molar-refractivity contribution in [2.75, 3.05) is 0 Å². The van der Waals surface area contributed by atoms with Gasteiger partial charge in [0, 0.05) is 29.7 Å². The van der Waals surface area contributed by atoms with Crippen LogP contribution in [-0.4, -0.2) is 25.8 Å². The van der Waals surface area contributed by atoms with Crippen LogP contribution < -0.4 is 11.3 Å². The van der Waals surface area contributed by atoms with E-state index in [4.69, 9.17) is 5.84 Å².